The molecule has 0 fully saturated rings. The van der Waals surface area contributed by atoms with Gasteiger partial charge >= 0.3 is 6.01 Å². The molecule has 0 aliphatic carbocycles. The average molecular weight is 392 g/mol. The Morgan fingerprint density at radius 1 is 1.03 bits per heavy atom. The number of nitrogen functional groups attached to an aromatic ring is 1. The molecule has 3 heterocycles. The number of rotatable bonds is 8. The molecule has 3 N–H and O–H groups in total. The Morgan fingerprint density at radius 3 is 2.55 bits per heavy atom. The Morgan fingerprint density at radius 2 is 1.79 bits per heavy atom. The Labute approximate surface area is 168 Å². The standard InChI is InChI=1S/C21H24N6O2/c1-2-3-11-29-20-24-18(22)17-19(25-20)27(21(28)23-17)14-16-8-6-7-15(12-16)13-26-9-4-5-10-26/h4-10,12H,2-3,11,13-14H2,1H3,(H,23,28)(H2,22,24,25). The molecule has 1 aromatic carbocycles. The first-order valence-electron chi connectivity index (χ1n) is 9.68. The molecule has 150 valence electrons. The van der Waals surface area contributed by atoms with Crippen LogP contribution in [0, 0.1) is 0 Å². The number of hydrogen-bond acceptors (Lipinski definition) is 6. The van der Waals surface area contributed by atoms with E-state index in [0.717, 1.165) is 24.9 Å². The number of aromatic hydroxyl groups is 1. The van der Waals surface area contributed by atoms with Crippen molar-refractivity contribution in [3.05, 3.63) is 59.9 Å². The van der Waals surface area contributed by atoms with E-state index >= 15 is 0 Å². The van der Waals surface area contributed by atoms with Gasteiger partial charge in [0.2, 0.25) is 0 Å². The molecular formula is C21H24N6O2. The van der Waals surface area contributed by atoms with Crippen LogP contribution in [-0.2, 0) is 13.1 Å². The zero-order valence-electron chi connectivity index (χ0n) is 16.3. The van der Waals surface area contributed by atoms with Crippen LogP contribution < -0.4 is 10.5 Å². The van der Waals surface area contributed by atoms with E-state index in [1.165, 1.54) is 5.56 Å². The molecule has 0 unspecified atom stereocenters. The van der Waals surface area contributed by atoms with Crippen LogP contribution in [0.5, 0.6) is 12.0 Å². The summed E-state index contributed by atoms with van der Waals surface area (Å²) in [6.07, 6.45) is 5.97. The van der Waals surface area contributed by atoms with Crippen LogP contribution in [0.25, 0.3) is 11.2 Å². The summed E-state index contributed by atoms with van der Waals surface area (Å²) in [5.41, 5.74) is 9.03. The van der Waals surface area contributed by atoms with Gasteiger partial charge < -0.3 is 20.1 Å². The molecule has 0 aliphatic heterocycles. The fraction of sp³-hybridized carbons (Fsp3) is 0.286. The first-order chi connectivity index (χ1) is 14.1. The molecule has 29 heavy (non-hydrogen) atoms. The molecule has 0 saturated carbocycles. The van der Waals surface area contributed by atoms with E-state index in [0.29, 0.717) is 24.3 Å². The highest BCUT2D eigenvalue weighted by Gasteiger charge is 2.17. The lowest BCUT2D eigenvalue weighted by molar-refractivity contribution is 0.286. The van der Waals surface area contributed by atoms with Crippen molar-refractivity contribution in [3.8, 4) is 12.0 Å². The van der Waals surface area contributed by atoms with Crippen molar-refractivity contribution < 1.29 is 9.84 Å². The number of aromatic nitrogens is 5. The second-order valence-corrected chi connectivity index (χ2v) is 6.94. The van der Waals surface area contributed by atoms with Gasteiger partial charge in [-0.05, 0) is 29.7 Å². The first-order valence-corrected chi connectivity index (χ1v) is 9.68. The van der Waals surface area contributed by atoms with Crippen LogP contribution in [-0.4, -0.2) is 35.8 Å². The molecule has 0 amide bonds. The topological polar surface area (TPSA) is 104 Å². The minimum Gasteiger partial charge on any atom is -0.480 e. The molecule has 0 radical (unpaired) electrons. The van der Waals surface area contributed by atoms with Gasteiger partial charge in [0.05, 0.1) is 13.2 Å². The van der Waals surface area contributed by atoms with E-state index in [9.17, 15) is 5.11 Å². The summed E-state index contributed by atoms with van der Waals surface area (Å²) < 4.78 is 9.33. The third-order valence-electron chi connectivity index (χ3n) is 4.67. The summed E-state index contributed by atoms with van der Waals surface area (Å²) in [6, 6.07) is 12.3. The maximum absolute atomic E-state index is 10.4. The monoisotopic (exact) mass is 392 g/mol. The van der Waals surface area contributed by atoms with E-state index in [-0.39, 0.29) is 17.8 Å². The molecule has 3 aromatic heterocycles. The van der Waals surface area contributed by atoms with Crippen molar-refractivity contribution in [3.63, 3.8) is 0 Å². The summed E-state index contributed by atoms with van der Waals surface area (Å²) in [6.45, 7) is 3.79. The summed E-state index contributed by atoms with van der Waals surface area (Å²) in [4.78, 5) is 12.7. The van der Waals surface area contributed by atoms with Gasteiger partial charge in [0.1, 0.15) is 0 Å². The number of fused-ring (bicyclic) bond motifs is 1. The molecule has 8 heteroatoms. The molecule has 0 spiro atoms. The second kappa shape index (κ2) is 8.22. The molecular weight excluding hydrogens is 368 g/mol. The van der Waals surface area contributed by atoms with Gasteiger partial charge in [-0.3, -0.25) is 4.57 Å². The fourth-order valence-corrected chi connectivity index (χ4v) is 3.20. The quantitative estimate of drug-likeness (QED) is 0.446. The third-order valence-corrected chi connectivity index (χ3v) is 4.67. The minimum atomic E-state index is -0.150. The third kappa shape index (κ3) is 4.16. The molecule has 8 nitrogen and oxygen atoms in total. The van der Waals surface area contributed by atoms with Crippen molar-refractivity contribution in [2.45, 2.75) is 32.9 Å². The Kier molecular flexibility index (Phi) is 5.33. The first kappa shape index (κ1) is 18.8. The normalized spacial score (nSPS) is 11.2. The smallest absolute Gasteiger partial charge is 0.320 e. The van der Waals surface area contributed by atoms with Crippen LogP contribution in [0.15, 0.2) is 48.8 Å². The van der Waals surface area contributed by atoms with Crippen LogP contribution >= 0.6 is 0 Å². The molecule has 0 atom stereocenters. The molecule has 4 rings (SSSR count). The zero-order valence-corrected chi connectivity index (χ0v) is 16.3. The maximum Gasteiger partial charge on any atom is 0.320 e. The van der Waals surface area contributed by atoms with Gasteiger partial charge in [-0.2, -0.15) is 15.0 Å². The minimum absolute atomic E-state index is 0.150. The number of anilines is 1. The summed E-state index contributed by atoms with van der Waals surface area (Å²) in [7, 11) is 0. The predicted octanol–water partition coefficient (Wildman–Crippen LogP) is 3.19. The molecule has 4 aromatic rings. The van der Waals surface area contributed by atoms with Gasteiger partial charge in [-0.15, -0.1) is 0 Å². The van der Waals surface area contributed by atoms with E-state index in [4.69, 9.17) is 10.5 Å². The van der Waals surface area contributed by atoms with Crippen LogP contribution in [0.3, 0.4) is 0 Å². The largest absolute Gasteiger partial charge is 0.480 e. The highest BCUT2D eigenvalue weighted by molar-refractivity contribution is 5.83. The lowest BCUT2D eigenvalue weighted by atomic mass is 10.1. The highest BCUT2D eigenvalue weighted by Crippen LogP contribution is 2.26. The van der Waals surface area contributed by atoms with E-state index in [1.807, 2.05) is 36.7 Å². The van der Waals surface area contributed by atoms with E-state index in [1.54, 1.807) is 4.57 Å². The van der Waals surface area contributed by atoms with Crippen molar-refractivity contribution in [1.82, 2.24) is 24.1 Å². The lowest BCUT2D eigenvalue weighted by Gasteiger charge is -2.09. The number of nitrogens with two attached hydrogens (primary N) is 1. The van der Waals surface area contributed by atoms with E-state index in [2.05, 4.69) is 38.6 Å². The van der Waals surface area contributed by atoms with Crippen molar-refractivity contribution in [1.29, 1.82) is 0 Å². The SMILES string of the molecule is CCCCOc1nc(N)c2nc(O)n(Cc3cccc(Cn4cccc4)c3)c2n1. The van der Waals surface area contributed by atoms with Gasteiger partial charge in [0.15, 0.2) is 17.0 Å². The van der Waals surface area contributed by atoms with Crippen molar-refractivity contribution >= 4 is 17.0 Å². The van der Waals surface area contributed by atoms with Crippen LogP contribution in [0.4, 0.5) is 5.82 Å². The van der Waals surface area contributed by atoms with Crippen LogP contribution in [0.1, 0.15) is 30.9 Å². The van der Waals surface area contributed by atoms with Crippen LogP contribution in [0.2, 0.25) is 0 Å². The Balaban J connectivity index is 1.62. The van der Waals surface area contributed by atoms with Gasteiger partial charge in [-0.25, -0.2) is 0 Å². The van der Waals surface area contributed by atoms with Gasteiger partial charge in [0, 0.05) is 18.9 Å². The number of hydrogen-bond donors (Lipinski definition) is 2. The molecule has 0 bridgehead atoms. The Bertz CT molecular complexity index is 1100. The summed E-state index contributed by atoms with van der Waals surface area (Å²) in [5, 5.41) is 10.4. The highest BCUT2D eigenvalue weighted by atomic mass is 16.5. The summed E-state index contributed by atoms with van der Waals surface area (Å²) in [5.74, 6) is 0.192. The Hall–Kier alpha value is -3.55. The van der Waals surface area contributed by atoms with Crippen molar-refractivity contribution in [2.24, 2.45) is 0 Å². The van der Waals surface area contributed by atoms with E-state index < -0.39 is 0 Å². The number of nitrogens with zero attached hydrogens (tertiary/aromatic N) is 5. The number of imidazole rings is 1. The molecule has 0 aliphatic rings. The van der Waals surface area contributed by atoms with Gasteiger partial charge in [0.25, 0.3) is 6.01 Å². The lowest BCUT2D eigenvalue weighted by Crippen LogP contribution is -2.06. The zero-order chi connectivity index (χ0) is 20.2. The summed E-state index contributed by atoms with van der Waals surface area (Å²) >= 11 is 0. The van der Waals surface area contributed by atoms with Crippen molar-refractivity contribution in [2.75, 3.05) is 12.3 Å². The average Bonchev–Trinajstić information content (AvgIpc) is 3.32. The van der Waals surface area contributed by atoms with Gasteiger partial charge in [-0.1, -0.05) is 37.6 Å². The second-order valence-electron chi connectivity index (χ2n) is 6.94. The number of ether oxygens (including phenoxy) is 1. The fourth-order valence-electron chi connectivity index (χ4n) is 3.20. The predicted molar refractivity (Wildman–Crippen MR) is 111 cm³/mol. The number of benzene rings is 1. The molecule has 0 saturated heterocycles. The maximum atomic E-state index is 10.4. The number of unbranched alkanes of at least 4 members (excludes halogenated alkanes) is 1.